The van der Waals surface area contributed by atoms with E-state index in [1.165, 1.54) is 5.56 Å². The van der Waals surface area contributed by atoms with Crippen molar-refractivity contribution in [2.75, 3.05) is 18.9 Å². The van der Waals surface area contributed by atoms with Crippen molar-refractivity contribution in [2.24, 2.45) is 10.9 Å². The number of nitrogens with one attached hydrogen (secondary N) is 2. The number of amides is 1. The molecule has 1 unspecified atom stereocenters. The van der Waals surface area contributed by atoms with Crippen LogP contribution in [-0.4, -0.2) is 41.6 Å². The van der Waals surface area contributed by atoms with Gasteiger partial charge in [-0.3, -0.25) is 14.8 Å². The van der Waals surface area contributed by atoms with Crippen molar-refractivity contribution in [3.05, 3.63) is 76.9 Å². The number of aromatic nitrogens is 1. The summed E-state index contributed by atoms with van der Waals surface area (Å²) >= 11 is 0. The predicted octanol–water partition coefficient (Wildman–Crippen LogP) is 6.08. The summed E-state index contributed by atoms with van der Waals surface area (Å²) in [7, 11) is 2.06. The molecule has 36 heavy (non-hydrogen) atoms. The normalized spacial score (nSPS) is 13.6. The van der Waals surface area contributed by atoms with Gasteiger partial charge in [-0.05, 0) is 75.4 Å². The number of carbonyl (C=O) groups excluding carboxylic acids is 1. The minimum atomic E-state index is -0.0887. The Morgan fingerprint density at radius 2 is 1.89 bits per heavy atom. The first-order chi connectivity index (χ1) is 17.0. The Balaban J connectivity index is 2.06. The summed E-state index contributed by atoms with van der Waals surface area (Å²) in [4.78, 5) is 24.1. The highest BCUT2D eigenvalue weighted by Gasteiger charge is 2.14. The lowest BCUT2D eigenvalue weighted by molar-refractivity contribution is -0.115. The van der Waals surface area contributed by atoms with Gasteiger partial charge < -0.3 is 15.5 Å². The van der Waals surface area contributed by atoms with E-state index in [1.54, 1.807) is 6.08 Å². The van der Waals surface area contributed by atoms with Crippen LogP contribution in [-0.2, 0) is 11.2 Å². The molecule has 0 aliphatic carbocycles. The molecule has 2 rings (SSSR count). The molecule has 0 spiro atoms. The van der Waals surface area contributed by atoms with E-state index in [9.17, 15) is 4.79 Å². The zero-order valence-electron chi connectivity index (χ0n) is 23.2. The number of hydrogen-bond donors (Lipinski definition) is 2. The Kier molecular flexibility index (Phi) is 11.1. The summed E-state index contributed by atoms with van der Waals surface area (Å²) in [5, 5.41) is 6.64. The van der Waals surface area contributed by atoms with Crippen LogP contribution in [0.5, 0.6) is 0 Å². The zero-order valence-corrected chi connectivity index (χ0v) is 23.2. The van der Waals surface area contributed by atoms with Crippen LogP contribution in [0.4, 0.5) is 5.69 Å². The molecule has 1 aromatic heterocycles. The van der Waals surface area contributed by atoms with Crippen LogP contribution in [0, 0.1) is 19.8 Å². The number of anilines is 1. The molecule has 0 saturated carbocycles. The van der Waals surface area contributed by atoms with Crippen molar-refractivity contribution in [2.45, 2.75) is 67.0 Å². The first kappa shape index (κ1) is 29.0. The molecule has 0 saturated heterocycles. The molecule has 2 aromatic rings. The molecular formula is C30H43N5O. The van der Waals surface area contributed by atoms with Crippen molar-refractivity contribution < 1.29 is 4.79 Å². The Labute approximate surface area is 217 Å². The van der Waals surface area contributed by atoms with Crippen LogP contribution in [0.1, 0.15) is 68.7 Å². The van der Waals surface area contributed by atoms with Crippen LogP contribution in [0.3, 0.4) is 0 Å². The largest absolute Gasteiger partial charge is 0.379 e. The van der Waals surface area contributed by atoms with Gasteiger partial charge in [0.2, 0.25) is 5.91 Å². The Morgan fingerprint density at radius 1 is 1.17 bits per heavy atom. The molecule has 1 aromatic carbocycles. The molecule has 6 nitrogen and oxygen atoms in total. The van der Waals surface area contributed by atoms with Crippen LogP contribution < -0.4 is 10.6 Å². The number of aryl methyl sites for hydroxylation is 2. The third kappa shape index (κ3) is 8.76. The quantitative estimate of drug-likeness (QED) is 0.354. The van der Waals surface area contributed by atoms with Crippen molar-refractivity contribution in [3.63, 3.8) is 0 Å². The van der Waals surface area contributed by atoms with Crippen molar-refractivity contribution in [1.29, 1.82) is 0 Å². The first-order valence-electron chi connectivity index (χ1n) is 12.8. The van der Waals surface area contributed by atoms with Gasteiger partial charge in [0.15, 0.2) is 0 Å². The first-order valence-corrected chi connectivity index (χ1v) is 12.8. The molecular weight excluding hydrogens is 446 g/mol. The molecule has 1 amide bonds. The fraction of sp³-hybridized carbons (Fsp3) is 0.433. The summed E-state index contributed by atoms with van der Waals surface area (Å²) in [6.07, 6.45) is 6.08. The number of hydrogen-bond acceptors (Lipinski definition) is 5. The Hall–Kier alpha value is -3.25. The summed E-state index contributed by atoms with van der Waals surface area (Å²) in [6.45, 7) is 19.4. The van der Waals surface area contributed by atoms with E-state index in [2.05, 4.69) is 81.9 Å². The van der Waals surface area contributed by atoms with E-state index in [0.29, 0.717) is 5.92 Å². The molecule has 0 fully saturated rings. The zero-order chi connectivity index (χ0) is 26.8. The number of pyridine rings is 1. The van der Waals surface area contributed by atoms with Crippen LogP contribution in [0.15, 0.2) is 53.8 Å². The highest BCUT2D eigenvalue weighted by atomic mass is 16.1. The molecule has 0 aliphatic heterocycles. The molecule has 194 valence electrons. The van der Waals surface area contributed by atoms with E-state index in [1.807, 2.05) is 43.5 Å². The molecule has 0 aliphatic rings. The average molecular weight is 490 g/mol. The lowest BCUT2D eigenvalue weighted by atomic mass is 10.0. The van der Waals surface area contributed by atoms with Crippen molar-refractivity contribution in [1.82, 2.24) is 15.2 Å². The van der Waals surface area contributed by atoms with Gasteiger partial charge in [0.25, 0.3) is 0 Å². The number of aliphatic imine (C=N–C) groups is 1. The molecule has 0 radical (unpaired) electrons. The molecule has 6 heteroatoms. The lowest BCUT2D eigenvalue weighted by Crippen LogP contribution is -2.30. The van der Waals surface area contributed by atoms with Gasteiger partial charge in [0, 0.05) is 49.5 Å². The van der Waals surface area contributed by atoms with E-state index in [4.69, 9.17) is 4.99 Å². The average Bonchev–Trinajstić information content (AvgIpc) is 2.82. The van der Waals surface area contributed by atoms with Gasteiger partial charge in [0.1, 0.15) is 0 Å². The SMILES string of the molecule is C=Cc1ccc(CC(=O)Nc2ccc(C)c([C@H](C)NC(C)C=N/C(=C/N(C)CC)C(C)C)c2)nc1C. The standard InChI is InChI=1S/C30H43N5O/c1-10-25-13-15-27(33-23(25)7)17-30(36)34-26-14-12-21(5)28(16-26)24(8)32-22(6)18-31-29(20(3)4)19-35(9)11-2/h10,12-16,18-20,22,24,32H,1,11,17H2,2-9H3,(H,34,36)/b29-19+,31-18?/t22?,24-/m0/s1. The predicted molar refractivity (Wildman–Crippen MR) is 153 cm³/mol. The maximum Gasteiger partial charge on any atom is 0.230 e. The fourth-order valence-electron chi connectivity index (χ4n) is 3.87. The number of benzene rings is 1. The lowest BCUT2D eigenvalue weighted by Gasteiger charge is -2.21. The van der Waals surface area contributed by atoms with E-state index >= 15 is 0 Å². The monoisotopic (exact) mass is 489 g/mol. The van der Waals surface area contributed by atoms with Crippen molar-refractivity contribution in [3.8, 4) is 0 Å². The summed E-state index contributed by atoms with van der Waals surface area (Å²) in [5.74, 6) is 0.260. The van der Waals surface area contributed by atoms with Gasteiger partial charge in [-0.25, -0.2) is 0 Å². The van der Waals surface area contributed by atoms with Gasteiger partial charge in [-0.15, -0.1) is 0 Å². The van der Waals surface area contributed by atoms with Crippen molar-refractivity contribution >= 4 is 23.9 Å². The Bertz CT molecular complexity index is 1100. The van der Waals surface area contributed by atoms with Gasteiger partial charge in [-0.2, -0.15) is 0 Å². The number of rotatable bonds is 12. The van der Waals surface area contributed by atoms with E-state index in [0.717, 1.165) is 40.4 Å². The molecule has 2 atom stereocenters. The third-order valence-electron chi connectivity index (χ3n) is 6.18. The van der Waals surface area contributed by atoms with Gasteiger partial charge in [-0.1, -0.05) is 38.6 Å². The highest BCUT2D eigenvalue weighted by molar-refractivity contribution is 5.92. The molecule has 2 N–H and O–H groups in total. The minimum absolute atomic E-state index is 0.0829. The third-order valence-corrected chi connectivity index (χ3v) is 6.18. The van der Waals surface area contributed by atoms with Gasteiger partial charge in [0.05, 0.1) is 17.8 Å². The summed E-state index contributed by atoms with van der Waals surface area (Å²) < 4.78 is 0. The second-order valence-electron chi connectivity index (χ2n) is 9.71. The van der Waals surface area contributed by atoms with Crippen LogP contribution in [0.25, 0.3) is 6.08 Å². The smallest absolute Gasteiger partial charge is 0.230 e. The highest BCUT2D eigenvalue weighted by Crippen LogP contribution is 2.23. The maximum atomic E-state index is 12.7. The number of carbonyl (C=O) groups is 1. The summed E-state index contributed by atoms with van der Waals surface area (Å²) in [6, 6.07) is 10.0. The van der Waals surface area contributed by atoms with E-state index < -0.39 is 0 Å². The minimum Gasteiger partial charge on any atom is -0.379 e. The van der Waals surface area contributed by atoms with E-state index in [-0.39, 0.29) is 24.4 Å². The number of allylic oxidation sites excluding steroid dienone is 1. The second-order valence-corrected chi connectivity index (χ2v) is 9.71. The fourth-order valence-corrected chi connectivity index (χ4v) is 3.87. The topological polar surface area (TPSA) is 69.6 Å². The van der Waals surface area contributed by atoms with Crippen LogP contribution in [0.2, 0.25) is 0 Å². The summed E-state index contributed by atoms with van der Waals surface area (Å²) in [5.41, 5.74) is 6.75. The second kappa shape index (κ2) is 13.7. The van der Waals surface area contributed by atoms with Gasteiger partial charge >= 0.3 is 0 Å². The Morgan fingerprint density at radius 3 is 2.50 bits per heavy atom. The molecule has 1 heterocycles. The molecule has 0 bridgehead atoms. The maximum absolute atomic E-state index is 12.7. The number of nitrogens with zero attached hydrogens (tertiary/aromatic N) is 3. The van der Waals surface area contributed by atoms with Crippen LogP contribution >= 0.6 is 0 Å².